The molecule has 0 aliphatic heterocycles. The lowest BCUT2D eigenvalue weighted by atomic mass is 9.90. The summed E-state index contributed by atoms with van der Waals surface area (Å²) in [7, 11) is 0. The molecule has 17 heavy (non-hydrogen) atoms. The maximum absolute atomic E-state index is 10.3. The molecular weight excluding hydrogens is 212 g/mol. The molecule has 0 fully saturated rings. The van der Waals surface area contributed by atoms with Crippen LogP contribution in [0.25, 0.3) is 0 Å². The molecule has 0 spiro atoms. The average molecular weight is 238 g/mol. The summed E-state index contributed by atoms with van der Waals surface area (Å²) in [6, 6.07) is 0. The normalized spacial score (nSPS) is 13.2. The van der Waals surface area contributed by atoms with E-state index in [9.17, 15) is 5.11 Å². The van der Waals surface area contributed by atoms with Crippen molar-refractivity contribution >= 4 is 0 Å². The van der Waals surface area contributed by atoms with E-state index in [0.29, 0.717) is 12.3 Å². The zero-order chi connectivity index (χ0) is 12.7. The zero-order valence-corrected chi connectivity index (χ0v) is 11.4. The molecule has 1 aromatic heterocycles. The van der Waals surface area contributed by atoms with Crippen molar-refractivity contribution in [1.29, 1.82) is 0 Å². The smallest absolute Gasteiger partial charge is 0.111 e. The molecule has 1 rings (SSSR count). The van der Waals surface area contributed by atoms with E-state index < -0.39 is 0 Å². The molecule has 0 radical (unpaired) electrons. The first kappa shape index (κ1) is 14.2. The number of hydrogen-bond donors (Lipinski definition) is 1. The van der Waals surface area contributed by atoms with Crippen molar-refractivity contribution in [1.82, 2.24) is 9.55 Å². The predicted molar refractivity (Wildman–Crippen MR) is 70.9 cm³/mol. The van der Waals surface area contributed by atoms with Crippen LogP contribution in [0.1, 0.15) is 52.3 Å². The van der Waals surface area contributed by atoms with Gasteiger partial charge in [-0.1, -0.05) is 26.7 Å². The molecule has 0 amide bonds. The highest BCUT2D eigenvalue weighted by Gasteiger charge is 2.19. The summed E-state index contributed by atoms with van der Waals surface area (Å²) in [5.41, 5.74) is 0. The van der Waals surface area contributed by atoms with Gasteiger partial charge >= 0.3 is 0 Å². The van der Waals surface area contributed by atoms with Crippen LogP contribution in [0.2, 0.25) is 0 Å². The van der Waals surface area contributed by atoms with E-state index in [1.807, 2.05) is 12.4 Å². The van der Waals surface area contributed by atoms with E-state index in [0.717, 1.165) is 38.1 Å². The zero-order valence-electron chi connectivity index (χ0n) is 11.4. The van der Waals surface area contributed by atoms with Gasteiger partial charge in [0.2, 0.25) is 0 Å². The fourth-order valence-corrected chi connectivity index (χ4v) is 2.44. The Morgan fingerprint density at radius 3 is 2.41 bits per heavy atom. The summed E-state index contributed by atoms with van der Waals surface area (Å²) in [5.74, 6) is 1.43. The van der Waals surface area contributed by atoms with Crippen LogP contribution in [0.4, 0.5) is 0 Å². The van der Waals surface area contributed by atoms with Crippen LogP contribution in [0.15, 0.2) is 12.4 Å². The lowest BCUT2D eigenvalue weighted by Crippen LogP contribution is -2.24. The first-order valence-electron chi connectivity index (χ1n) is 6.90. The van der Waals surface area contributed by atoms with E-state index in [2.05, 4.69) is 30.3 Å². The second kappa shape index (κ2) is 7.49. The van der Waals surface area contributed by atoms with E-state index in [-0.39, 0.29) is 6.10 Å². The van der Waals surface area contributed by atoms with Gasteiger partial charge in [0, 0.05) is 25.4 Å². The van der Waals surface area contributed by atoms with Gasteiger partial charge in [-0.2, -0.15) is 0 Å². The number of rotatable bonds is 8. The molecule has 98 valence electrons. The maximum atomic E-state index is 10.3. The SMILES string of the molecule is CCCC(CCC)C(O)Cc1nccn1CC. The molecule has 0 bridgehead atoms. The van der Waals surface area contributed by atoms with Crippen molar-refractivity contribution in [3.63, 3.8) is 0 Å². The highest BCUT2D eigenvalue weighted by molar-refractivity contribution is 4.95. The molecule has 1 N–H and O–H groups in total. The van der Waals surface area contributed by atoms with Gasteiger partial charge < -0.3 is 9.67 Å². The highest BCUT2D eigenvalue weighted by atomic mass is 16.3. The predicted octanol–water partition coefficient (Wildman–Crippen LogP) is 3.02. The Morgan fingerprint density at radius 1 is 1.24 bits per heavy atom. The summed E-state index contributed by atoms with van der Waals surface area (Å²) < 4.78 is 2.11. The van der Waals surface area contributed by atoms with Gasteiger partial charge in [0.25, 0.3) is 0 Å². The number of nitrogens with zero attached hydrogens (tertiary/aromatic N) is 2. The van der Waals surface area contributed by atoms with Gasteiger partial charge in [-0.3, -0.25) is 0 Å². The topological polar surface area (TPSA) is 38.1 Å². The Kier molecular flexibility index (Phi) is 6.27. The molecule has 1 heterocycles. The monoisotopic (exact) mass is 238 g/mol. The standard InChI is InChI=1S/C14H26N2O/c1-4-7-12(8-5-2)13(17)11-14-15-9-10-16(14)6-3/h9-10,12-13,17H,4-8,11H2,1-3H3. The third kappa shape index (κ3) is 4.15. The minimum absolute atomic E-state index is 0.248. The van der Waals surface area contributed by atoms with Crippen molar-refractivity contribution in [2.24, 2.45) is 5.92 Å². The minimum atomic E-state index is -0.248. The third-order valence-corrected chi connectivity index (χ3v) is 3.40. The lowest BCUT2D eigenvalue weighted by molar-refractivity contribution is 0.0936. The molecule has 0 saturated carbocycles. The van der Waals surface area contributed by atoms with Gasteiger partial charge in [-0.15, -0.1) is 0 Å². The Balaban J connectivity index is 2.59. The van der Waals surface area contributed by atoms with Gasteiger partial charge in [-0.25, -0.2) is 4.98 Å². The molecule has 1 unspecified atom stereocenters. The maximum Gasteiger partial charge on any atom is 0.111 e. The summed E-state index contributed by atoms with van der Waals surface area (Å²) in [5, 5.41) is 10.3. The summed E-state index contributed by atoms with van der Waals surface area (Å²) >= 11 is 0. The van der Waals surface area contributed by atoms with Crippen LogP contribution in [0, 0.1) is 5.92 Å². The van der Waals surface area contributed by atoms with E-state index in [4.69, 9.17) is 0 Å². The van der Waals surface area contributed by atoms with Gasteiger partial charge in [0.1, 0.15) is 5.82 Å². The fraction of sp³-hybridized carbons (Fsp3) is 0.786. The number of aryl methyl sites for hydroxylation is 1. The average Bonchev–Trinajstić information content (AvgIpc) is 2.76. The number of imidazole rings is 1. The molecule has 3 nitrogen and oxygen atoms in total. The summed E-state index contributed by atoms with van der Waals surface area (Å²) in [4.78, 5) is 4.33. The summed E-state index contributed by atoms with van der Waals surface area (Å²) in [6.07, 6.45) is 8.75. The fourth-order valence-electron chi connectivity index (χ4n) is 2.44. The number of aliphatic hydroxyl groups is 1. The lowest BCUT2D eigenvalue weighted by Gasteiger charge is -2.22. The second-order valence-corrected chi connectivity index (χ2v) is 4.74. The molecule has 3 heteroatoms. The molecule has 1 aromatic rings. The van der Waals surface area contributed by atoms with E-state index >= 15 is 0 Å². The molecular formula is C14H26N2O. The quantitative estimate of drug-likeness (QED) is 0.756. The van der Waals surface area contributed by atoms with Gasteiger partial charge in [0.15, 0.2) is 0 Å². The molecule has 0 aromatic carbocycles. The van der Waals surface area contributed by atoms with Crippen molar-refractivity contribution in [2.75, 3.05) is 0 Å². The molecule has 0 saturated heterocycles. The molecule has 1 atom stereocenters. The minimum Gasteiger partial charge on any atom is -0.392 e. The Morgan fingerprint density at radius 2 is 1.88 bits per heavy atom. The van der Waals surface area contributed by atoms with Crippen LogP contribution in [-0.2, 0) is 13.0 Å². The summed E-state index contributed by atoms with van der Waals surface area (Å²) in [6.45, 7) is 7.39. The first-order chi connectivity index (χ1) is 8.22. The van der Waals surface area contributed by atoms with Crippen molar-refractivity contribution in [2.45, 2.75) is 65.5 Å². The molecule has 0 aliphatic carbocycles. The van der Waals surface area contributed by atoms with Crippen LogP contribution >= 0.6 is 0 Å². The van der Waals surface area contributed by atoms with Crippen LogP contribution in [0.5, 0.6) is 0 Å². The second-order valence-electron chi connectivity index (χ2n) is 4.74. The molecule has 0 aliphatic rings. The Hall–Kier alpha value is -0.830. The number of aromatic nitrogens is 2. The van der Waals surface area contributed by atoms with Crippen LogP contribution in [0.3, 0.4) is 0 Å². The highest BCUT2D eigenvalue weighted by Crippen LogP contribution is 2.20. The van der Waals surface area contributed by atoms with Gasteiger partial charge in [-0.05, 0) is 25.7 Å². The van der Waals surface area contributed by atoms with Crippen LogP contribution < -0.4 is 0 Å². The number of hydrogen-bond acceptors (Lipinski definition) is 2. The van der Waals surface area contributed by atoms with Gasteiger partial charge in [0.05, 0.1) is 6.10 Å². The third-order valence-electron chi connectivity index (χ3n) is 3.40. The Bertz CT molecular complexity index is 303. The van der Waals surface area contributed by atoms with Crippen molar-refractivity contribution in [3.8, 4) is 0 Å². The largest absolute Gasteiger partial charge is 0.392 e. The van der Waals surface area contributed by atoms with Crippen LogP contribution in [-0.4, -0.2) is 20.8 Å². The van der Waals surface area contributed by atoms with E-state index in [1.165, 1.54) is 0 Å². The number of aliphatic hydroxyl groups excluding tert-OH is 1. The van der Waals surface area contributed by atoms with Crippen molar-refractivity contribution in [3.05, 3.63) is 18.2 Å². The van der Waals surface area contributed by atoms with E-state index in [1.54, 1.807) is 0 Å². The first-order valence-corrected chi connectivity index (χ1v) is 6.90. The van der Waals surface area contributed by atoms with Crippen molar-refractivity contribution < 1.29 is 5.11 Å². The Labute approximate surface area is 105 Å².